The van der Waals surface area contributed by atoms with Gasteiger partial charge in [0.15, 0.2) is 21.8 Å². The van der Waals surface area contributed by atoms with Gasteiger partial charge in [0.1, 0.15) is 11.9 Å². The Bertz CT molecular complexity index is 1910. The lowest BCUT2D eigenvalue weighted by atomic mass is 9.84. The Morgan fingerprint density at radius 3 is 2.67 bits per heavy atom. The first kappa shape index (κ1) is 21.6. The maximum absolute atomic E-state index is 13.4. The number of ether oxygens (including phenoxy) is 1. The average molecular weight is 582 g/mol. The maximum atomic E-state index is 13.4. The Kier molecular flexibility index (Phi) is 4.76. The highest BCUT2D eigenvalue weighted by molar-refractivity contribution is 9.10. The van der Waals surface area contributed by atoms with Gasteiger partial charge >= 0.3 is 5.63 Å². The van der Waals surface area contributed by atoms with Crippen LogP contribution in [0, 0.1) is 0 Å². The summed E-state index contributed by atoms with van der Waals surface area (Å²) in [5, 5.41) is 5.79. The zero-order valence-corrected chi connectivity index (χ0v) is 21.0. The second kappa shape index (κ2) is 7.92. The van der Waals surface area contributed by atoms with Gasteiger partial charge in [0.2, 0.25) is 11.7 Å². The minimum absolute atomic E-state index is 0.269. The number of furan rings is 1. The SMILES string of the molecule is O=c1oc2ccccc2c2c1C(c1cccc(Cl)c1Cl)c1c(ncn3nc(-c4ccc(Br)o4)nc13)O2. The number of halogens is 3. The molecule has 2 aromatic carbocycles. The summed E-state index contributed by atoms with van der Waals surface area (Å²) in [5.41, 5.74) is 1.60. The van der Waals surface area contributed by atoms with E-state index in [9.17, 15) is 4.79 Å². The Morgan fingerprint density at radius 1 is 0.972 bits per heavy atom. The molecule has 11 heteroatoms. The average Bonchev–Trinajstić information content (AvgIpc) is 3.51. The van der Waals surface area contributed by atoms with E-state index in [-0.39, 0.29) is 11.4 Å². The first-order chi connectivity index (χ1) is 17.5. The molecule has 0 saturated carbocycles. The Balaban J connectivity index is 1.58. The van der Waals surface area contributed by atoms with Gasteiger partial charge in [-0.15, -0.1) is 5.10 Å². The normalized spacial score (nSPS) is 14.6. The molecule has 1 aliphatic rings. The molecule has 6 aromatic rings. The van der Waals surface area contributed by atoms with Crippen LogP contribution in [0.25, 0.3) is 28.2 Å². The third kappa shape index (κ3) is 3.13. The molecule has 0 N–H and O–H groups in total. The van der Waals surface area contributed by atoms with Crippen molar-refractivity contribution in [2.75, 3.05) is 0 Å². The monoisotopic (exact) mass is 580 g/mol. The van der Waals surface area contributed by atoms with E-state index in [1.165, 1.54) is 10.8 Å². The molecular weight excluding hydrogens is 571 g/mol. The van der Waals surface area contributed by atoms with E-state index in [0.717, 1.165) is 0 Å². The molecule has 1 unspecified atom stereocenters. The summed E-state index contributed by atoms with van der Waals surface area (Å²) in [6.07, 6.45) is 1.50. The third-order valence-corrected chi connectivity index (χ3v) is 7.31. The number of nitrogens with zero attached hydrogens (tertiary/aromatic N) is 4. The molecule has 0 saturated heterocycles. The number of hydrogen-bond acceptors (Lipinski definition) is 7. The van der Waals surface area contributed by atoms with Crippen LogP contribution in [-0.2, 0) is 0 Å². The first-order valence-electron chi connectivity index (χ1n) is 10.7. The molecule has 1 atom stereocenters. The summed E-state index contributed by atoms with van der Waals surface area (Å²) >= 11 is 16.4. The van der Waals surface area contributed by atoms with Gasteiger partial charge in [-0.25, -0.2) is 19.3 Å². The van der Waals surface area contributed by atoms with Gasteiger partial charge in [-0.3, -0.25) is 0 Å². The summed E-state index contributed by atoms with van der Waals surface area (Å²) < 4.78 is 19.6. The van der Waals surface area contributed by atoms with Crippen LogP contribution in [0.4, 0.5) is 0 Å². The van der Waals surface area contributed by atoms with Crippen molar-refractivity contribution < 1.29 is 13.6 Å². The Labute approximate surface area is 220 Å². The molecule has 0 radical (unpaired) electrons. The van der Waals surface area contributed by atoms with Gasteiger partial charge in [-0.2, -0.15) is 0 Å². The van der Waals surface area contributed by atoms with Gasteiger partial charge in [-0.05, 0) is 51.8 Å². The Hall–Kier alpha value is -3.66. The van der Waals surface area contributed by atoms with Crippen LogP contribution in [0.3, 0.4) is 0 Å². The van der Waals surface area contributed by atoms with Crippen molar-refractivity contribution in [1.82, 2.24) is 19.6 Å². The van der Waals surface area contributed by atoms with Crippen molar-refractivity contribution >= 4 is 55.7 Å². The third-order valence-electron chi connectivity index (χ3n) is 6.05. The molecule has 0 bridgehead atoms. The molecule has 176 valence electrons. The molecular formula is C25H11BrCl2N4O4. The van der Waals surface area contributed by atoms with Gasteiger partial charge in [0.25, 0.3) is 0 Å². The first-order valence-corrected chi connectivity index (χ1v) is 12.2. The predicted molar refractivity (Wildman–Crippen MR) is 136 cm³/mol. The van der Waals surface area contributed by atoms with Crippen molar-refractivity contribution in [1.29, 1.82) is 0 Å². The molecule has 5 heterocycles. The van der Waals surface area contributed by atoms with Crippen LogP contribution in [0.15, 0.2) is 79.2 Å². The van der Waals surface area contributed by atoms with Crippen LogP contribution in [0.1, 0.15) is 22.6 Å². The lowest BCUT2D eigenvalue weighted by Crippen LogP contribution is -2.22. The van der Waals surface area contributed by atoms with Gasteiger partial charge in [0, 0.05) is 0 Å². The van der Waals surface area contributed by atoms with E-state index in [1.807, 2.05) is 12.1 Å². The summed E-state index contributed by atoms with van der Waals surface area (Å²) in [5.74, 6) is 0.670. The number of aromatic nitrogens is 4. The van der Waals surface area contributed by atoms with Crippen molar-refractivity contribution in [3.8, 4) is 23.2 Å². The number of rotatable bonds is 2. The largest absolute Gasteiger partial charge is 0.446 e. The minimum atomic E-state index is -0.743. The summed E-state index contributed by atoms with van der Waals surface area (Å²) in [6.45, 7) is 0. The fraction of sp³-hybridized carbons (Fsp3) is 0.0400. The summed E-state index contributed by atoms with van der Waals surface area (Å²) in [6, 6.07) is 15.9. The fourth-order valence-corrected chi connectivity index (χ4v) is 5.25. The molecule has 36 heavy (non-hydrogen) atoms. The molecule has 4 aromatic heterocycles. The zero-order valence-electron chi connectivity index (χ0n) is 17.9. The van der Waals surface area contributed by atoms with Crippen LogP contribution in [-0.4, -0.2) is 19.6 Å². The van der Waals surface area contributed by atoms with Crippen molar-refractivity contribution in [2.24, 2.45) is 0 Å². The highest BCUT2D eigenvalue weighted by Gasteiger charge is 2.38. The van der Waals surface area contributed by atoms with Gasteiger partial charge < -0.3 is 13.6 Å². The lowest BCUT2D eigenvalue weighted by molar-refractivity contribution is 0.422. The van der Waals surface area contributed by atoms with E-state index < -0.39 is 11.5 Å². The number of fused-ring (bicyclic) bond motifs is 6. The van der Waals surface area contributed by atoms with Gasteiger partial charge in [0.05, 0.1) is 32.5 Å². The second-order valence-electron chi connectivity index (χ2n) is 8.08. The molecule has 8 nitrogen and oxygen atoms in total. The smallest absolute Gasteiger partial charge is 0.344 e. The van der Waals surface area contributed by atoms with Crippen molar-refractivity contribution in [3.05, 3.63) is 103 Å². The van der Waals surface area contributed by atoms with E-state index in [4.69, 9.17) is 41.8 Å². The predicted octanol–water partition coefficient (Wildman–Crippen LogP) is 6.85. The Morgan fingerprint density at radius 2 is 1.83 bits per heavy atom. The number of benzene rings is 2. The zero-order chi connectivity index (χ0) is 24.6. The summed E-state index contributed by atoms with van der Waals surface area (Å²) in [7, 11) is 0. The van der Waals surface area contributed by atoms with E-state index >= 15 is 0 Å². The number of para-hydroxylation sites is 1. The van der Waals surface area contributed by atoms with Crippen LogP contribution in [0.5, 0.6) is 11.6 Å². The van der Waals surface area contributed by atoms with Crippen LogP contribution in [0.2, 0.25) is 10.0 Å². The maximum Gasteiger partial charge on any atom is 0.344 e. The lowest BCUT2D eigenvalue weighted by Gasteiger charge is -2.28. The highest BCUT2D eigenvalue weighted by Crippen LogP contribution is 2.50. The fourth-order valence-electron chi connectivity index (χ4n) is 4.52. The molecule has 0 amide bonds. The van der Waals surface area contributed by atoms with Crippen LogP contribution < -0.4 is 10.4 Å². The molecule has 7 rings (SSSR count). The molecule has 1 aliphatic heterocycles. The van der Waals surface area contributed by atoms with E-state index in [1.54, 1.807) is 42.5 Å². The quantitative estimate of drug-likeness (QED) is 0.206. The van der Waals surface area contributed by atoms with Crippen molar-refractivity contribution in [3.63, 3.8) is 0 Å². The van der Waals surface area contributed by atoms with Crippen LogP contribution >= 0.6 is 39.1 Å². The second-order valence-corrected chi connectivity index (χ2v) is 9.64. The molecule has 0 spiro atoms. The van der Waals surface area contributed by atoms with E-state index in [0.29, 0.717) is 59.8 Å². The molecule has 0 aliphatic carbocycles. The van der Waals surface area contributed by atoms with Gasteiger partial charge in [-0.1, -0.05) is 47.5 Å². The molecule has 0 fully saturated rings. The van der Waals surface area contributed by atoms with E-state index in [2.05, 4.69) is 26.0 Å². The minimum Gasteiger partial charge on any atom is -0.446 e. The highest BCUT2D eigenvalue weighted by atomic mass is 79.9. The van der Waals surface area contributed by atoms with Crippen molar-refractivity contribution in [2.45, 2.75) is 5.92 Å². The number of hydrogen-bond donors (Lipinski definition) is 0. The topological polar surface area (TPSA) is 95.7 Å². The standard InChI is InChI=1S/C25H11BrCl2N4O4/c26-16-9-8-15(34-16)22-30-23-19-17(12-5-3-6-13(27)20(12)28)18-21(36-24(19)29-10-32(23)31-22)11-4-1-2-7-14(11)35-25(18)33/h1-10,17H. The summed E-state index contributed by atoms with van der Waals surface area (Å²) in [4.78, 5) is 22.7.